The summed E-state index contributed by atoms with van der Waals surface area (Å²) in [6.07, 6.45) is 2.15. The van der Waals surface area contributed by atoms with Gasteiger partial charge < -0.3 is 20.9 Å². The van der Waals surface area contributed by atoms with Crippen molar-refractivity contribution in [2.24, 2.45) is 0 Å². The van der Waals surface area contributed by atoms with E-state index >= 15 is 0 Å². The molecule has 2 heterocycles. The first kappa shape index (κ1) is 20.1. The number of aromatic nitrogens is 2. The van der Waals surface area contributed by atoms with Crippen LogP contribution in [0.2, 0.25) is 0 Å². The van der Waals surface area contributed by atoms with E-state index in [2.05, 4.69) is 31.2 Å². The molecule has 154 valence electrons. The van der Waals surface area contributed by atoms with Crippen LogP contribution < -0.4 is 11.1 Å². The van der Waals surface area contributed by atoms with Crippen molar-refractivity contribution in [3.05, 3.63) is 58.8 Å². The Morgan fingerprint density at radius 2 is 1.93 bits per heavy atom. The molecule has 0 saturated carbocycles. The highest BCUT2D eigenvalue weighted by Gasteiger charge is 2.26. The van der Waals surface area contributed by atoms with Gasteiger partial charge in [-0.15, -0.1) is 0 Å². The number of nitrogens with zero attached hydrogens (tertiary/aromatic N) is 4. The lowest BCUT2D eigenvalue weighted by Crippen LogP contribution is -2.53. The van der Waals surface area contributed by atoms with Crippen LogP contribution in [0.15, 0.2) is 53.3 Å². The number of hydrogen-bond acceptors (Lipinski definition) is 5. The molecule has 0 unspecified atom stereocenters. The lowest BCUT2D eigenvalue weighted by Gasteiger charge is -2.34. The van der Waals surface area contributed by atoms with Gasteiger partial charge in [0, 0.05) is 35.2 Å². The van der Waals surface area contributed by atoms with Crippen molar-refractivity contribution in [1.82, 2.24) is 19.8 Å². The number of rotatable bonds is 4. The Kier molecular flexibility index (Phi) is 5.80. The third kappa shape index (κ3) is 4.51. The lowest BCUT2D eigenvalue weighted by atomic mass is 10.1. The molecule has 30 heavy (non-hydrogen) atoms. The molecule has 3 amide bonds. The number of nitrogen functional groups attached to an aromatic ring is 1. The van der Waals surface area contributed by atoms with Crippen LogP contribution in [-0.2, 0) is 11.2 Å². The molecule has 8 nitrogen and oxygen atoms in total. The fourth-order valence-corrected chi connectivity index (χ4v) is 3.66. The van der Waals surface area contributed by atoms with E-state index in [0.717, 1.165) is 20.9 Å². The molecule has 0 bridgehead atoms. The van der Waals surface area contributed by atoms with E-state index in [0.29, 0.717) is 37.6 Å². The van der Waals surface area contributed by atoms with Gasteiger partial charge in [0.1, 0.15) is 18.7 Å². The molecule has 2 aromatic carbocycles. The number of piperazine rings is 1. The normalized spacial score (nSPS) is 14.2. The monoisotopic (exact) mass is 468 g/mol. The van der Waals surface area contributed by atoms with Crippen molar-refractivity contribution >= 4 is 50.3 Å². The van der Waals surface area contributed by atoms with E-state index < -0.39 is 0 Å². The zero-order valence-electron chi connectivity index (χ0n) is 16.2. The number of benzene rings is 2. The van der Waals surface area contributed by atoms with Crippen LogP contribution in [0.5, 0.6) is 0 Å². The largest absolute Gasteiger partial charge is 0.383 e. The van der Waals surface area contributed by atoms with Gasteiger partial charge in [0.25, 0.3) is 0 Å². The zero-order valence-corrected chi connectivity index (χ0v) is 17.8. The number of nitrogens with two attached hydrogens (primary N) is 1. The predicted octanol–water partition coefficient (Wildman–Crippen LogP) is 2.89. The molecule has 3 aromatic rings. The first-order valence-electron chi connectivity index (χ1n) is 9.58. The van der Waals surface area contributed by atoms with E-state index in [1.54, 1.807) is 4.90 Å². The first-order valence-corrected chi connectivity index (χ1v) is 10.4. The van der Waals surface area contributed by atoms with Gasteiger partial charge in [-0.2, -0.15) is 0 Å². The Balaban J connectivity index is 1.32. The SMILES string of the molecule is Nc1ncnc2cc(CCN3CCN(C(=O)Nc4ccc(Br)cc4)CC3=O)ccc12. The van der Waals surface area contributed by atoms with Gasteiger partial charge in [0.15, 0.2) is 0 Å². The van der Waals surface area contributed by atoms with Gasteiger partial charge in [-0.3, -0.25) is 4.79 Å². The summed E-state index contributed by atoms with van der Waals surface area (Å²) in [5, 5.41) is 3.65. The highest BCUT2D eigenvalue weighted by molar-refractivity contribution is 9.10. The fraction of sp³-hybridized carbons (Fsp3) is 0.238. The van der Waals surface area contributed by atoms with Crippen LogP contribution in [0.3, 0.4) is 0 Å². The van der Waals surface area contributed by atoms with Gasteiger partial charge in [-0.05, 0) is 48.4 Å². The Hall–Kier alpha value is -3.20. The summed E-state index contributed by atoms with van der Waals surface area (Å²) in [4.78, 5) is 36.6. The molecular weight excluding hydrogens is 448 g/mol. The summed E-state index contributed by atoms with van der Waals surface area (Å²) in [6.45, 7) is 1.67. The number of amides is 3. The van der Waals surface area contributed by atoms with Crippen molar-refractivity contribution in [3.8, 4) is 0 Å². The Morgan fingerprint density at radius 3 is 2.70 bits per heavy atom. The minimum absolute atomic E-state index is 0.0560. The fourth-order valence-electron chi connectivity index (χ4n) is 3.40. The Bertz CT molecular complexity index is 1090. The van der Waals surface area contributed by atoms with E-state index in [4.69, 9.17) is 5.73 Å². The van der Waals surface area contributed by atoms with Gasteiger partial charge in [-0.1, -0.05) is 22.0 Å². The molecule has 0 spiro atoms. The molecule has 0 aliphatic carbocycles. The summed E-state index contributed by atoms with van der Waals surface area (Å²) in [7, 11) is 0. The van der Waals surface area contributed by atoms with Gasteiger partial charge in [0.05, 0.1) is 5.52 Å². The highest BCUT2D eigenvalue weighted by atomic mass is 79.9. The summed E-state index contributed by atoms with van der Waals surface area (Å²) >= 11 is 3.36. The summed E-state index contributed by atoms with van der Waals surface area (Å²) in [5.74, 6) is 0.402. The van der Waals surface area contributed by atoms with Gasteiger partial charge >= 0.3 is 6.03 Å². The molecule has 4 rings (SSSR count). The number of nitrogens with one attached hydrogen (secondary N) is 1. The third-order valence-electron chi connectivity index (χ3n) is 5.10. The van der Waals surface area contributed by atoms with Crippen molar-refractivity contribution in [2.45, 2.75) is 6.42 Å². The van der Waals surface area contributed by atoms with Crippen LogP contribution in [-0.4, -0.2) is 57.9 Å². The van der Waals surface area contributed by atoms with Crippen LogP contribution in [0.25, 0.3) is 10.9 Å². The van der Waals surface area contributed by atoms with Gasteiger partial charge in [0.2, 0.25) is 5.91 Å². The number of carbonyl (C=O) groups excluding carboxylic acids is 2. The van der Waals surface area contributed by atoms with Crippen molar-refractivity contribution in [1.29, 1.82) is 0 Å². The maximum Gasteiger partial charge on any atom is 0.322 e. The average molecular weight is 469 g/mol. The van der Waals surface area contributed by atoms with Crippen molar-refractivity contribution < 1.29 is 9.59 Å². The predicted molar refractivity (Wildman–Crippen MR) is 119 cm³/mol. The third-order valence-corrected chi connectivity index (χ3v) is 5.63. The van der Waals surface area contributed by atoms with Crippen LogP contribution in [0.1, 0.15) is 5.56 Å². The Labute approximate surface area is 182 Å². The van der Waals surface area contributed by atoms with Crippen molar-refractivity contribution in [3.63, 3.8) is 0 Å². The molecule has 9 heteroatoms. The van der Waals surface area contributed by atoms with E-state index in [9.17, 15) is 9.59 Å². The quantitative estimate of drug-likeness (QED) is 0.612. The average Bonchev–Trinajstić information content (AvgIpc) is 2.74. The number of urea groups is 1. The van der Waals surface area contributed by atoms with Crippen LogP contribution >= 0.6 is 15.9 Å². The summed E-state index contributed by atoms with van der Waals surface area (Å²) in [5.41, 5.74) is 8.42. The number of halogens is 1. The number of carbonyl (C=O) groups is 2. The smallest absolute Gasteiger partial charge is 0.322 e. The molecule has 0 radical (unpaired) electrons. The Morgan fingerprint density at radius 1 is 1.13 bits per heavy atom. The minimum Gasteiger partial charge on any atom is -0.383 e. The van der Waals surface area contributed by atoms with Crippen molar-refractivity contribution in [2.75, 3.05) is 37.2 Å². The topological polar surface area (TPSA) is 104 Å². The maximum absolute atomic E-state index is 12.5. The second-order valence-electron chi connectivity index (χ2n) is 7.10. The number of hydrogen-bond donors (Lipinski definition) is 2. The van der Waals surface area contributed by atoms with Crippen LogP contribution in [0.4, 0.5) is 16.3 Å². The van der Waals surface area contributed by atoms with Crippen LogP contribution in [0, 0.1) is 0 Å². The van der Waals surface area contributed by atoms with E-state index in [1.165, 1.54) is 11.2 Å². The standard InChI is InChI=1S/C21H21BrN6O2/c22-15-2-4-16(5-3-15)26-21(30)28-10-9-27(19(29)12-28)8-7-14-1-6-17-18(11-14)24-13-25-20(17)23/h1-6,11,13H,7-10,12H2,(H,26,30)(H2,23,24,25). The first-order chi connectivity index (χ1) is 14.5. The lowest BCUT2D eigenvalue weighted by molar-refractivity contribution is -0.134. The highest BCUT2D eigenvalue weighted by Crippen LogP contribution is 2.19. The summed E-state index contributed by atoms with van der Waals surface area (Å²) in [6, 6.07) is 12.9. The molecule has 0 atom stereocenters. The molecule has 3 N–H and O–H groups in total. The molecule has 1 aliphatic heterocycles. The molecule has 1 fully saturated rings. The zero-order chi connectivity index (χ0) is 21.1. The van der Waals surface area contributed by atoms with E-state index in [1.807, 2.05) is 42.5 Å². The summed E-state index contributed by atoms with van der Waals surface area (Å²) < 4.78 is 0.937. The number of anilines is 2. The number of fused-ring (bicyclic) bond motifs is 1. The molecule has 1 aromatic heterocycles. The molecule has 1 saturated heterocycles. The second-order valence-corrected chi connectivity index (χ2v) is 8.02. The molecule has 1 aliphatic rings. The maximum atomic E-state index is 12.5. The minimum atomic E-state index is -0.267. The van der Waals surface area contributed by atoms with Gasteiger partial charge in [-0.25, -0.2) is 14.8 Å². The van der Waals surface area contributed by atoms with E-state index in [-0.39, 0.29) is 18.5 Å². The second kappa shape index (κ2) is 8.66. The molecular formula is C21H21BrN6O2.